The third-order valence-electron chi connectivity index (χ3n) is 4.40. The first-order valence-corrected chi connectivity index (χ1v) is 7.85. The minimum atomic E-state index is -0.804. The summed E-state index contributed by atoms with van der Waals surface area (Å²) in [4.78, 5) is 24.3. The molecule has 0 radical (unpaired) electrons. The number of carboxylic acids is 1. The van der Waals surface area contributed by atoms with Crippen molar-refractivity contribution in [3.05, 3.63) is 34.7 Å². The predicted octanol–water partition coefficient (Wildman–Crippen LogP) is 3.19. The van der Waals surface area contributed by atoms with Crippen LogP contribution in [0.15, 0.2) is 24.3 Å². The van der Waals surface area contributed by atoms with E-state index in [2.05, 4.69) is 5.32 Å². The molecule has 21 heavy (non-hydrogen) atoms. The average Bonchev–Trinajstić information content (AvgIpc) is 2.75. The molecule has 1 heterocycles. The summed E-state index contributed by atoms with van der Waals surface area (Å²) in [6.45, 7) is 2.15. The van der Waals surface area contributed by atoms with E-state index in [1.54, 1.807) is 0 Å². The van der Waals surface area contributed by atoms with Gasteiger partial charge in [0.15, 0.2) is 0 Å². The van der Waals surface area contributed by atoms with E-state index >= 15 is 0 Å². The number of thiophene rings is 1. The molecule has 1 aliphatic carbocycles. The molecule has 1 aromatic carbocycles. The van der Waals surface area contributed by atoms with Crippen molar-refractivity contribution in [3.8, 4) is 0 Å². The maximum atomic E-state index is 12.4. The van der Waals surface area contributed by atoms with E-state index < -0.39 is 11.4 Å². The Morgan fingerprint density at radius 1 is 1.33 bits per heavy atom. The van der Waals surface area contributed by atoms with Crippen LogP contribution in [0.25, 0.3) is 10.1 Å². The van der Waals surface area contributed by atoms with Gasteiger partial charge < -0.3 is 10.4 Å². The Hall–Kier alpha value is -1.88. The molecule has 5 heteroatoms. The lowest BCUT2D eigenvalue weighted by atomic mass is 9.69. The number of carbonyl (C=O) groups is 2. The molecular formula is C16H17NO3S. The van der Waals surface area contributed by atoms with Crippen molar-refractivity contribution in [1.29, 1.82) is 0 Å². The van der Waals surface area contributed by atoms with Gasteiger partial charge in [0.2, 0.25) is 0 Å². The molecule has 0 saturated heterocycles. The van der Waals surface area contributed by atoms with Crippen molar-refractivity contribution in [3.63, 3.8) is 0 Å². The molecule has 1 fully saturated rings. The molecule has 1 amide bonds. The van der Waals surface area contributed by atoms with Crippen LogP contribution in [-0.4, -0.2) is 23.5 Å². The Balaban J connectivity index is 1.78. The van der Waals surface area contributed by atoms with Gasteiger partial charge in [-0.15, -0.1) is 11.3 Å². The summed E-state index contributed by atoms with van der Waals surface area (Å²) >= 11 is 1.46. The number of aryl methyl sites for hydroxylation is 1. The first-order valence-electron chi connectivity index (χ1n) is 7.03. The van der Waals surface area contributed by atoms with Crippen LogP contribution < -0.4 is 5.32 Å². The van der Waals surface area contributed by atoms with Gasteiger partial charge in [-0.3, -0.25) is 9.59 Å². The lowest BCUT2D eigenvalue weighted by Crippen LogP contribution is -2.47. The molecule has 1 aromatic heterocycles. The monoisotopic (exact) mass is 303 g/mol. The highest BCUT2D eigenvalue weighted by atomic mass is 32.1. The van der Waals surface area contributed by atoms with Crippen LogP contribution in [0.4, 0.5) is 0 Å². The van der Waals surface area contributed by atoms with Crippen LogP contribution in [0.1, 0.15) is 34.5 Å². The van der Waals surface area contributed by atoms with E-state index in [4.69, 9.17) is 0 Å². The maximum absolute atomic E-state index is 12.4. The smallest absolute Gasteiger partial charge is 0.311 e. The minimum absolute atomic E-state index is 0.166. The lowest BCUT2D eigenvalue weighted by molar-refractivity contribution is -0.153. The Morgan fingerprint density at radius 3 is 2.62 bits per heavy atom. The number of carbonyl (C=O) groups excluding carboxylic acids is 1. The second-order valence-electron chi connectivity index (χ2n) is 5.67. The number of aliphatic carboxylic acids is 1. The highest BCUT2D eigenvalue weighted by Gasteiger charge is 2.44. The SMILES string of the molecule is Cc1c(C(=O)NCC2(C(=O)O)CCC2)sc2ccccc12. The molecule has 0 spiro atoms. The quantitative estimate of drug-likeness (QED) is 0.911. The summed E-state index contributed by atoms with van der Waals surface area (Å²) in [5.41, 5.74) is 0.214. The maximum Gasteiger partial charge on any atom is 0.311 e. The Bertz CT molecular complexity index is 715. The minimum Gasteiger partial charge on any atom is -0.481 e. The number of amides is 1. The van der Waals surface area contributed by atoms with Crippen LogP contribution in [0.3, 0.4) is 0 Å². The number of fused-ring (bicyclic) bond motifs is 1. The van der Waals surface area contributed by atoms with Gasteiger partial charge in [0.25, 0.3) is 5.91 Å². The summed E-state index contributed by atoms with van der Waals surface area (Å²) in [6, 6.07) is 7.91. The van der Waals surface area contributed by atoms with Gasteiger partial charge >= 0.3 is 5.97 Å². The molecule has 3 rings (SSSR count). The fourth-order valence-electron chi connectivity index (χ4n) is 2.79. The molecule has 1 aliphatic rings. The molecule has 0 aliphatic heterocycles. The molecule has 0 bridgehead atoms. The fourth-order valence-corrected chi connectivity index (χ4v) is 3.92. The largest absolute Gasteiger partial charge is 0.481 e. The molecule has 1 saturated carbocycles. The van der Waals surface area contributed by atoms with E-state index in [0.717, 1.165) is 22.1 Å². The van der Waals surface area contributed by atoms with Crippen molar-refractivity contribution in [2.24, 2.45) is 5.41 Å². The summed E-state index contributed by atoms with van der Waals surface area (Å²) in [5.74, 6) is -0.969. The molecule has 0 unspecified atom stereocenters. The standard InChI is InChI=1S/C16H17NO3S/c1-10-11-5-2-3-6-12(11)21-13(10)14(18)17-9-16(15(19)20)7-4-8-16/h2-3,5-6H,4,7-9H2,1H3,(H,17,18)(H,19,20). The van der Waals surface area contributed by atoms with Crippen LogP contribution in [0.2, 0.25) is 0 Å². The molecule has 2 aromatic rings. The van der Waals surface area contributed by atoms with Gasteiger partial charge in [-0.05, 0) is 36.8 Å². The highest BCUT2D eigenvalue weighted by molar-refractivity contribution is 7.21. The van der Waals surface area contributed by atoms with Crippen molar-refractivity contribution in [2.45, 2.75) is 26.2 Å². The topological polar surface area (TPSA) is 66.4 Å². The number of nitrogens with one attached hydrogen (secondary N) is 1. The first kappa shape index (κ1) is 14.1. The summed E-state index contributed by atoms with van der Waals surface area (Å²) in [7, 11) is 0. The van der Waals surface area contributed by atoms with Gasteiger partial charge in [0, 0.05) is 11.2 Å². The van der Waals surface area contributed by atoms with Crippen LogP contribution >= 0.6 is 11.3 Å². The fraction of sp³-hybridized carbons (Fsp3) is 0.375. The average molecular weight is 303 g/mol. The molecule has 4 nitrogen and oxygen atoms in total. The van der Waals surface area contributed by atoms with Crippen molar-refractivity contribution in [2.75, 3.05) is 6.54 Å². The van der Waals surface area contributed by atoms with Crippen LogP contribution in [-0.2, 0) is 4.79 Å². The van der Waals surface area contributed by atoms with Gasteiger partial charge in [0.05, 0.1) is 10.3 Å². The van der Waals surface area contributed by atoms with Crippen molar-refractivity contribution in [1.82, 2.24) is 5.32 Å². The van der Waals surface area contributed by atoms with E-state index in [9.17, 15) is 14.7 Å². The summed E-state index contributed by atoms with van der Waals surface area (Å²) in [5, 5.41) is 13.2. The second-order valence-corrected chi connectivity index (χ2v) is 6.73. The third-order valence-corrected chi connectivity index (χ3v) is 5.67. The van der Waals surface area contributed by atoms with E-state index in [1.165, 1.54) is 11.3 Å². The van der Waals surface area contributed by atoms with Gasteiger partial charge in [-0.2, -0.15) is 0 Å². The zero-order valence-electron chi connectivity index (χ0n) is 11.8. The van der Waals surface area contributed by atoms with Gasteiger partial charge in [-0.25, -0.2) is 0 Å². The molecule has 0 atom stereocenters. The van der Waals surface area contributed by atoms with Crippen molar-refractivity contribution >= 4 is 33.3 Å². The Kier molecular flexibility index (Phi) is 3.45. The summed E-state index contributed by atoms with van der Waals surface area (Å²) in [6.07, 6.45) is 2.21. The Morgan fingerprint density at radius 2 is 2.05 bits per heavy atom. The predicted molar refractivity (Wildman–Crippen MR) is 82.8 cm³/mol. The van der Waals surface area contributed by atoms with Gasteiger partial charge in [-0.1, -0.05) is 24.6 Å². The number of carboxylic acid groups (broad SMARTS) is 1. The van der Waals surface area contributed by atoms with Crippen LogP contribution in [0.5, 0.6) is 0 Å². The molecule has 2 N–H and O–H groups in total. The van der Waals surface area contributed by atoms with Gasteiger partial charge in [0.1, 0.15) is 0 Å². The van der Waals surface area contributed by atoms with Crippen molar-refractivity contribution < 1.29 is 14.7 Å². The van der Waals surface area contributed by atoms with E-state index in [-0.39, 0.29) is 12.5 Å². The second kappa shape index (κ2) is 5.15. The number of hydrogen-bond acceptors (Lipinski definition) is 3. The molecule has 110 valence electrons. The normalized spacial score (nSPS) is 16.4. The summed E-state index contributed by atoms with van der Waals surface area (Å²) < 4.78 is 1.08. The molecular weight excluding hydrogens is 286 g/mol. The lowest BCUT2D eigenvalue weighted by Gasteiger charge is -2.37. The number of rotatable bonds is 4. The third kappa shape index (κ3) is 2.31. The number of hydrogen-bond donors (Lipinski definition) is 2. The Labute approximate surface area is 126 Å². The zero-order valence-corrected chi connectivity index (χ0v) is 12.6. The van der Waals surface area contributed by atoms with E-state index in [1.807, 2.05) is 31.2 Å². The highest BCUT2D eigenvalue weighted by Crippen LogP contribution is 2.40. The number of benzene rings is 1. The first-order chi connectivity index (χ1) is 10.0. The van der Waals surface area contributed by atoms with E-state index in [0.29, 0.717) is 17.7 Å². The zero-order chi connectivity index (χ0) is 15.0. The van der Waals surface area contributed by atoms with Crippen LogP contribution in [0, 0.1) is 12.3 Å².